The third-order valence-corrected chi connectivity index (χ3v) is 5.99. The zero-order valence-corrected chi connectivity index (χ0v) is 14.8. The van der Waals surface area contributed by atoms with Crippen LogP contribution in [0.15, 0.2) is 91.0 Å². The Morgan fingerprint density at radius 3 is 1.96 bits per heavy atom. The highest BCUT2D eigenvalue weighted by Gasteiger charge is 2.51. The van der Waals surface area contributed by atoms with Crippen LogP contribution in [0, 0.1) is 5.92 Å². The Morgan fingerprint density at radius 2 is 1.33 bits per heavy atom. The molecule has 0 aromatic heterocycles. The zero-order valence-electron chi connectivity index (χ0n) is 14.8. The smallest absolute Gasteiger partial charge is 0.115 e. The standard InChI is InChI=1S/C25H20O2/c26-19-13-9-17(10-14-19)25(18-11-15-20(27)16-12-18)23-7-3-1-5-21(23)22-6-2-4-8-24(22)25/h1-7,9-16,24,26-27H,8H2. The first kappa shape index (κ1) is 16.0. The number of allylic oxidation sites excluding steroid dienone is 4. The minimum absolute atomic E-state index is 0.269. The summed E-state index contributed by atoms with van der Waals surface area (Å²) in [5.41, 5.74) is 5.88. The van der Waals surface area contributed by atoms with Crippen molar-refractivity contribution in [2.24, 2.45) is 5.92 Å². The molecule has 2 aliphatic rings. The molecule has 0 amide bonds. The van der Waals surface area contributed by atoms with E-state index in [-0.39, 0.29) is 22.8 Å². The number of benzene rings is 3. The maximum absolute atomic E-state index is 9.86. The van der Waals surface area contributed by atoms with Gasteiger partial charge >= 0.3 is 0 Å². The molecule has 2 aliphatic carbocycles. The molecule has 2 heteroatoms. The van der Waals surface area contributed by atoms with Crippen LogP contribution in [0.3, 0.4) is 0 Å². The Bertz CT molecular complexity index is 1010. The van der Waals surface area contributed by atoms with E-state index in [0.29, 0.717) is 0 Å². The molecule has 3 aromatic carbocycles. The Labute approximate surface area is 158 Å². The lowest BCUT2D eigenvalue weighted by molar-refractivity contribution is 0.464. The van der Waals surface area contributed by atoms with Crippen LogP contribution >= 0.6 is 0 Å². The summed E-state index contributed by atoms with van der Waals surface area (Å²) in [5, 5.41) is 19.7. The third-order valence-electron chi connectivity index (χ3n) is 5.99. The summed E-state index contributed by atoms with van der Waals surface area (Å²) in [6.45, 7) is 0. The Morgan fingerprint density at radius 1 is 0.741 bits per heavy atom. The van der Waals surface area contributed by atoms with Crippen LogP contribution in [0.4, 0.5) is 0 Å². The van der Waals surface area contributed by atoms with Gasteiger partial charge in [-0.05, 0) is 58.5 Å². The van der Waals surface area contributed by atoms with E-state index in [4.69, 9.17) is 0 Å². The number of phenolic OH excluding ortho intramolecular Hbond substituents is 2. The van der Waals surface area contributed by atoms with Crippen molar-refractivity contribution in [3.05, 3.63) is 113 Å². The quantitative estimate of drug-likeness (QED) is 0.648. The molecule has 5 rings (SSSR count). The van der Waals surface area contributed by atoms with Crippen molar-refractivity contribution >= 4 is 5.57 Å². The van der Waals surface area contributed by atoms with Gasteiger partial charge < -0.3 is 10.2 Å². The van der Waals surface area contributed by atoms with E-state index in [1.54, 1.807) is 24.3 Å². The third kappa shape index (κ3) is 2.20. The molecule has 1 unspecified atom stereocenters. The van der Waals surface area contributed by atoms with Gasteiger partial charge in [-0.15, -0.1) is 0 Å². The molecule has 0 bridgehead atoms. The summed E-state index contributed by atoms with van der Waals surface area (Å²) in [7, 11) is 0. The lowest BCUT2D eigenvalue weighted by Gasteiger charge is -2.38. The molecule has 2 nitrogen and oxygen atoms in total. The molecular weight excluding hydrogens is 332 g/mol. The first-order valence-corrected chi connectivity index (χ1v) is 9.27. The SMILES string of the molecule is Oc1ccc(C2(c3ccc(O)cc3)c3ccccc3C3=CC=CCC32)cc1. The summed E-state index contributed by atoms with van der Waals surface area (Å²) >= 11 is 0. The monoisotopic (exact) mass is 352 g/mol. The van der Waals surface area contributed by atoms with Gasteiger partial charge in [0.25, 0.3) is 0 Å². The average Bonchev–Trinajstić information content (AvgIpc) is 3.01. The molecule has 0 saturated heterocycles. The Kier molecular flexibility index (Phi) is 3.48. The molecule has 0 fully saturated rings. The van der Waals surface area contributed by atoms with E-state index in [0.717, 1.165) is 17.5 Å². The molecule has 2 N–H and O–H groups in total. The normalized spacial score (nSPS) is 19.3. The predicted molar refractivity (Wildman–Crippen MR) is 108 cm³/mol. The second-order valence-electron chi connectivity index (χ2n) is 7.29. The van der Waals surface area contributed by atoms with Crippen molar-refractivity contribution in [3.63, 3.8) is 0 Å². The van der Waals surface area contributed by atoms with Gasteiger partial charge in [0.05, 0.1) is 5.41 Å². The summed E-state index contributed by atoms with van der Waals surface area (Å²) in [5.74, 6) is 0.810. The molecule has 0 radical (unpaired) electrons. The fourth-order valence-corrected chi connectivity index (χ4v) is 4.91. The maximum atomic E-state index is 9.86. The number of hydrogen-bond acceptors (Lipinski definition) is 2. The van der Waals surface area contributed by atoms with Crippen LogP contribution in [0.2, 0.25) is 0 Å². The number of phenols is 2. The van der Waals surface area contributed by atoms with Gasteiger partial charge in [0, 0.05) is 5.92 Å². The topological polar surface area (TPSA) is 40.5 Å². The van der Waals surface area contributed by atoms with E-state index in [9.17, 15) is 10.2 Å². The molecule has 0 spiro atoms. The van der Waals surface area contributed by atoms with Crippen LogP contribution < -0.4 is 0 Å². The predicted octanol–water partition coefficient (Wildman–Crippen LogP) is 5.41. The van der Waals surface area contributed by atoms with Crippen LogP contribution in [-0.4, -0.2) is 10.2 Å². The largest absolute Gasteiger partial charge is 0.508 e. The Balaban J connectivity index is 1.88. The number of aromatic hydroxyl groups is 2. The molecule has 0 saturated carbocycles. The minimum Gasteiger partial charge on any atom is -0.508 e. The minimum atomic E-state index is -0.353. The highest BCUT2D eigenvalue weighted by atomic mass is 16.3. The summed E-state index contributed by atoms with van der Waals surface area (Å²) in [4.78, 5) is 0. The first-order chi connectivity index (χ1) is 13.2. The molecule has 0 heterocycles. The zero-order chi connectivity index (χ0) is 18.4. The molecule has 3 aromatic rings. The van der Waals surface area contributed by atoms with Gasteiger partial charge in [0.15, 0.2) is 0 Å². The number of rotatable bonds is 2. The Hall–Kier alpha value is -3.26. The number of hydrogen-bond donors (Lipinski definition) is 2. The van der Waals surface area contributed by atoms with Gasteiger partial charge in [0.1, 0.15) is 11.5 Å². The molecule has 1 atom stereocenters. The van der Waals surface area contributed by atoms with Crippen LogP contribution in [0.1, 0.15) is 28.7 Å². The van der Waals surface area contributed by atoms with Crippen molar-refractivity contribution in [1.29, 1.82) is 0 Å². The first-order valence-electron chi connectivity index (χ1n) is 9.27. The van der Waals surface area contributed by atoms with Crippen molar-refractivity contribution in [3.8, 4) is 11.5 Å². The van der Waals surface area contributed by atoms with E-state index in [1.165, 1.54) is 16.7 Å². The fraction of sp³-hybridized carbons (Fsp3) is 0.120. The lowest BCUT2D eigenvalue weighted by atomic mass is 9.63. The van der Waals surface area contributed by atoms with E-state index in [2.05, 4.69) is 42.5 Å². The molecule has 0 aliphatic heterocycles. The summed E-state index contributed by atoms with van der Waals surface area (Å²) in [6.07, 6.45) is 7.56. The molecular formula is C25H20O2. The lowest BCUT2D eigenvalue weighted by Crippen LogP contribution is -2.34. The molecule has 132 valence electrons. The van der Waals surface area contributed by atoms with Crippen LogP contribution in [-0.2, 0) is 5.41 Å². The summed E-state index contributed by atoms with van der Waals surface area (Å²) < 4.78 is 0. The second kappa shape index (κ2) is 5.88. The van der Waals surface area contributed by atoms with Gasteiger partial charge in [-0.3, -0.25) is 0 Å². The van der Waals surface area contributed by atoms with E-state index < -0.39 is 0 Å². The van der Waals surface area contributed by atoms with E-state index in [1.807, 2.05) is 24.3 Å². The van der Waals surface area contributed by atoms with Gasteiger partial charge in [-0.2, -0.15) is 0 Å². The maximum Gasteiger partial charge on any atom is 0.115 e. The van der Waals surface area contributed by atoms with E-state index >= 15 is 0 Å². The van der Waals surface area contributed by atoms with Crippen molar-refractivity contribution in [2.45, 2.75) is 11.8 Å². The molecule has 27 heavy (non-hydrogen) atoms. The average molecular weight is 352 g/mol. The van der Waals surface area contributed by atoms with Crippen molar-refractivity contribution < 1.29 is 10.2 Å². The highest BCUT2D eigenvalue weighted by Crippen LogP contribution is 2.59. The number of fused-ring (bicyclic) bond motifs is 3. The highest BCUT2D eigenvalue weighted by molar-refractivity contribution is 5.84. The van der Waals surface area contributed by atoms with Crippen LogP contribution in [0.5, 0.6) is 11.5 Å². The van der Waals surface area contributed by atoms with Crippen molar-refractivity contribution in [1.82, 2.24) is 0 Å². The van der Waals surface area contributed by atoms with Gasteiger partial charge in [-0.25, -0.2) is 0 Å². The van der Waals surface area contributed by atoms with Gasteiger partial charge in [0.2, 0.25) is 0 Å². The fourth-order valence-electron chi connectivity index (χ4n) is 4.91. The summed E-state index contributed by atoms with van der Waals surface area (Å²) in [6, 6.07) is 23.8. The van der Waals surface area contributed by atoms with Gasteiger partial charge in [-0.1, -0.05) is 66.8 Å². The van der Waals surface area contributed by atoms with Crippen LogP contribution in [0.25, 0.3) is 5.57 Å². The van der Waals surface area contributed by atoms with Crippen molar-refractivity contribution in [2.75, 3.05) is 0 Å². The second-order valence-corrected chi connectivity index (χ2v) is 7.29.